The molecule has 1 aliphatic heterocycles. The average Bonchev–Trinajstić information content (AvgIpc) is 2.89. The number of rotatable bonds is 7. The summed E-state index contributed by atoms with van der Waals surface area (Å²) in [4.78, 5) is 27.9. The van der Waals surface area contributed by atoms with Gasteiger partial charge in [-0.2, -0.15) is 0 Å². The van der Waals surface area contributed by atoms with Crippen LogP contribution in [0.4, 0.5) is 11.4 Å². The molecule has 174 valence electrons. The smallest absolute Gasteiger partial charge is 0.261 e. The molecule has 0 aromatic heterocycles. The zero-order valence-corrected chi connectivity index (χ0v) is 19.8. The summed E-state index contributed by atoms with van der Waals surface area (Å²) in [5.74, 6) is -0.541. The van der Waals surface area contributed by atoms with Gasteiger partial charge in [-0.25, -0.2) is 0 Å². The minimum Gasteiger partial charge on any atom is -0.383 e. The molecular weight excluding hydrogens is 456 g/mol. The van der Waals surface area contributed by atoms with Gasteiger partial charge >= 0.3 is 0 Å². The molecule has 0 saturated heterocycles. The number of anilines is 2. The average molecular weight is 481 g/mol. The van der Waals surface area contributed by atoms with Gasteiger partial charge in [0.05, 0.1) is 6.54 Å². The van der Waals surface area contributed by atoms with E-state index in [-0.39, 0.29) is 18.4 Å². The maximum Gasteiger partial charge on any atom is 0.261 e. The maximum absolute atomic E-state index is 13.3. The van der Waals surface area contributed by atoms with Crippen molar-refractivity contribution in [2.24, 2.45) is 0 Å². The van der Waals surface area contributed by atoms with Crippen LogP contribution >= 0.6 is 12.2 Å². The van der Waals surface area contributed by atoms with Crippen molar-refractivity contribution in [2.75, 3.05) is 23.7 Å². The number of nitrogens with zero attached hydrogens (tertiary/aromatic N) is 1. The maximum atomic E-state index is 13.3. The minimum atomic E-state index is -0.270. The first-order valence-electron chi connectivity index (χ1n) is 11.4. The van der Waals surface area contributed by atoms with Crippen LogP contribution in [0.1, 0.15) is 26.3 Å². The molecule has 7 heteroatoms. The third-order valence-corrected chi connectivity index (χ3v) is 6.18. The highest BCUT2D eigenvalue weighted by Crippen LogP contribution is 2.34. The van der Waals surface area contributed by atoms with Crippen LogP contribution in [0.15, 0.2) is 91.0 Å². The Kier molecular flexibility index (Phi) is 6.41. The second kappa shape index (κ2) is 9.95. The Morgan fingerprint density at radius 3 is 2.17 bits per heavy atom. The van der Waals surface area contributed by atoms with Gasteiger partial charge in [0, 0.05) is 46.4 Å². The van der Waals surface area contributed by atoms with E-state index in [1.165, 1.54) is 4.90 Å². The summed E-state index contributed by atoms with van der Waals surface area (Å²) in [5.41, 5.74) is 3.80. The summed E-state index contributed by atoms with van der Waals surface area (Å²) in [5, 5.41) is 11.8. The van der Waals surface area contributed by atoms with E-state index in [1.54, 1.807) is 12.1 Å². The Hall–Kier alpha value is -4.23. The van der Waals surface area contributed by atoms with Crippen molar-refractivity contribution in [3.8, 4) is 0 Å². The van der Waals surface area contributed by atoms with Gasteiger partial charge in [-0.1, -0.05) is 60.7 Å². The van der Waals surface area contributed by atoms with Crippen LogP contribution in [0, 0.1) is 0 Å². The second-order valence-electron chi connectivity index (χ2n) is 8.24. The van der Waals surface area contributed by atoms with Gasteiger partial charge in [0.15, 0.2) is 5.11 Å². The predicted molar refractivity (Wildman–Crippen MR) is 144 cm³/mol. The van der Waals surface area contributed by atoms with E-state index in [4.69, 9.17) is 12.2 Å². The molecule has 0 aliphatic carbocycles. The molecule has 0 fully saturated rings. The molecule has 6 nitrogen and oxygen atoms in total. The summed E-state index contributed by atoms with van der Waals surface area (Å²) in [6.07, 6.45) is 0. The van der Waals surface area contributed by atoms with Crippen molar-refractivity contribution < 1.29 is 9.59 Å². The monoisotopic (exact) mass is 480 g/mol. The molecular formula is C28H24N4O2S. The van der Waals surface area contributed by atoms with Gasteiger partial charge in [0.25, 0.3) is 11.8 Å². The van der Waals surface area contributed by atoms with Crippen molar-refractivity contribution in [3.63, 3.8) is 0 Å². The van der Waals surface area contributed by atoms with Crippen LogP contribution in [0.25, 0.3) is 10.8 Å². The second-order valence-corrected chi connectivity index (χ2v) is 8.65. The van der Waals surface area contributed by atoms with Crippen LogP contribution in [0.2, 0.25) is 0 Å². The molecule has 0 unspecified atom stereocenters. The van der Waals surface area contributed by atoms with Crippen LogP contribution in [0.3, 0.4) is 0 Å². The molecule has 1 aliphatic rings. The predicted octanol–water partition coefficient (Wildman–Crippen LogP) is 5.03. The lowest BCUT2D eigenvalue weighted by molar-refractivity contribution is 0.0598. The van der Waals surface area contributed by atoms with E-state index in [0.29, 0.717) is 34.7 Å². The normalized spacial score (nSPS) is 12.5. The summed E-state index contributed by atoms with van der Waals surface area (Å²) in [6, 6.07) is 28.6. The molecule has 0 saturated carbocycles. The lowest BCUT2D eigenvalue weighted by Gasteiger charge is -2.28. The Balaban J connectivity index is 1.29. The summed E-state index contributed by atoms with van der Waals surface area (Å²) in [7, 11) is 0. The highest BCUT2D eigenvalue weighted by molar-refractivity contribution is 7.80. The summed E-state index contributed by atoms with van der Waals surface area (Å²) in [6.45, 7) is 1.46. The van der Waals surface area contributed by atoms with Gasteiger partial charge in [0.2, 0.25) is 0 Å². The van der Waals surface area contributed by atoms with E-state index in [1.807, 2.05) is 78.9 Å². The molecule has 35 heavy (non-hydrogen) atoms. The fraction of sp³-hybridized carbons (Fsp3) is 0.107. The van der Waals surface area contributed by atoms with E-state index < -0.39 is 0 Å². The van der Waals surface area contributed by atoms with Gasteiger partial charge in [0.1, 0.15) is 0 Å². The van der Waals surface area contributed by atoms with Gasteiger partial charge < -0.3 is 16.0 Å². The highest BCUT2D eigenvalue weighted by Gasteiger charge is 2.33. The Morgan fingerprint density at radius 2 is 1.43 bits per heavy atom. The quantitative estimate of drug-likeness (QED) is 0.196. The SMILES string of the molecule is O=C1c2cccc3c(NCCNC(=S)Nc4ccccc4)ccc(c23)C(=O)N1Cc1ccccc1. The number of para-hydroxylation sites is 1. The number of carbonyl (C=O) groups excluding carboxylic acids is 2. The van der Waals surface area contributed by atoms with E-state index in [0.717, 1.165) is 22.3 Å². The Labute approximate surface area is 209 Å². The molecule has 0 bridgehead atoms. The van der Waals surface area contributed by atoms with E-state index in [2.05, 4.69) is 16.0 Å². The first kappa shape index (κ1) is 22.6. The van der Waals surface area contributed by atoms with Crippen molar-refractivity contribution >= 4 is 51.3 Å². The lowest BCUT2D eigenvalue weighted by Crippen LogP contribution is -2.39. The zero-order chi connectivity index (χ0) is 24.2. The Morgan fingerprint density at radius 1 is 0.743 bits per heavy atom. The van der Waals surface area contributed by atoms with Gasteiger partial charge in [-0.3, -0.25) is 14.5 Å². The molecule has 2 amide bonds. The number of imide groups is 1. The number of hydrogen-bond acceptors (Lipinski definition) is 4. The Bertz CT molecular complexity index is 1380. The van der Waals surface area contributed by atoms with E-state index >= 15 is 0 Å². The van der Waals surface area contributed by atoms with Crippen LogP contribution in [0.5, 0.6) is 0 Å². The van der Waals surface area contributed by atoms with E-state index in [9.17, 15) is 9.59 Å². The van der Waals surface area contributed by atoms with Gasteiger partial charge in [-0.05, 0) is 48.1 Å². The molecule has 5 rings (SSSR count). The van der Waals surface area contributed by atoms with Crippen molar-refractivity contribution in [1.29, 1.82) is 0 Å². The molecule has 3 N–H and O–H groups in total. The molecule has 1 heterocycles. The molecule has 0 atom stereocenters. The van der Waals surface area contributed by atoms with Gasteiger partial charge in [-0.15, -0.1) is 0 Å². The summed E-state index contributed by atoms with van der Waals surface area (Å²) < 4.78 is 0. The van der Waals surface area contributed by atoms with Crippen LogP contribution in [-0.4, -0.2) is 34.9 Å². The number of nitrogens with one attached hydrogen (secondary N) is 3. The first-order chi connectivity index (χ1) is 17.1. The number of amides is 2. The lowest BCUT2D eigenvalue weighted by atomic mass is 9.92. The minimum absolute atomic E-state index is 0.247. The number of hydrogen-bond donors (Lipinski definition) is 3. The van der Waals surface area contributed by atoms with Crippen molar-refractivity contribution in [1.82, 2.24) is 10.2 Å². The molecule has 0 radical (unpaired) electrons. The topological polar surface area (TPSA) is 73.5 Å². The highest BCUT2D eigenvalue weighted by atomic mass is 32.1. The van der Waals surface area contributed by atoms with Crippen molar-refractivity contribution in [2.45, 2.75) is 6.54 Å². The molecule has 4 aromatic rings. The fourth-order valence-electron chi connectivity index (χ4n) is 4.28. The number of thiocarbonyl (C=S) groups is 1. The number of carbonyl (C=O) groups is 2. The third kappa shape index (κ3) is 4.72. The van der Waals surface area contributed by atoms with Crippen molar-refractivity contribution in [3.05, 3.63) is 108 Å². The zero-order valence-electron chi connectivity index (χ0n) is 19.0. The van der Waals surface area contributed by atoms with Crippen LogP contribution in [-0.2, 0) is 6.54 Å². The largest absolute Gasteiger partial charge is 0.383 e. The first-order valence-corrected chi connectivity index (χ1v) is 11.8. The fourth-order valence-corrected chi connectivity index (χ4v) is 4.50. The summed E-state index contributed by atoms with van der Waals surface area (Å²) >= 11 is 5.35. The van der Waals surface area contributed by atoms with Crippen LogP contribution < -0.4 is 16.0 Å². The molecule has 4 aromatic carbocycles. The number of benzene rings is 4. The molecule has 0 spiro atoms. The third-order valence-electron chi connectivity index (χ3n) is 5.93. The standard InChI is InChI=1S/C28H24N4O2S/c33-26-22-13-7-12-21-24(29-16-17-30-28(35)31-20-10-5-2-6-11-20)15-14-23(25(21)22)27(34)32(26)18-19-8-3-1-4-9-19/h1-15,29H,16-18H2,(H2,30,31,35).